The van der Waals surface area contributed by atoms with Crippen LogP contribution in [0, 0.1) is 0 Å². The number of aromatic amines is 1. The zero-order chi connectivity index (χ0) is 19.4. The number of para-hydroxylation sites is 1. The summed E-state index contributed by atoms with van der Waals surface area (Å²) < 4.78 is 24.7. The summed E-state index contributed by atoms with van der Waals surface area (Å²) in [6.45, 7) is 0. The van der Waals surface area contributed by atoms with Crippen LogP contribution in [0.3, 0.4) is 0 Å². The molecule has 5 heteroatoms. The Morgan fingerprint density at radius 3 is 2.04 bits per heavy atom. The summed E-state index contributed by atoms with van der Waals surface area (Å²) in [7, 11) is -3.46. The van der Waals surface area contributed by atoms with Crippen LogP contribution in [0.25, 0.3) is 21.7 Å². The number of pyridine rings is 1. The highest BCUT2D eigenvalue weighted by Gasteiger charge is 2.19. The van der Waals surface area contributed by atoms with E-state index in [0.29, 0.717) is 4.90 Å². The molecule has 0 saturated carbocycles. The van der Waals surface area contributed by atoms with Crippen molar-refractivity contribution >= 4 is 31.5 Å². The number of benzene rings is 3. The van der Waals surface area contributed by atoms with Gasteiger partial charge < -0.3 is 4.98 Å². The van der Waals surface area contributed by atoms with E-state index < -0.39 is 9.84 Å². The topological polar surface area (TPSA) is 62.8 Å². The van der Waals surface area contributed by atoms with Gasteiger partial charge in [0.2, 0.25) is 9.84 Å². The average Bonchev–Trinajstić information content (AvgIpc) is 3.20. The van der Waals surface area contributed by atoms with Gasteiger partial charge in [0.05, 0.1) is 4.90 Å². The molecule has 0 bridgehead atoms. The maximum absolute atomic E-state index is 12.4. The van der Waals surface area contributed by atoms with Crippen LogP contribution in [-0.4, -0.2) is 18.4 Å². The van der Waals surface area contributed by atoms with Crippen LogP contribution in [0.2, 0.25) is 0 Å². The van der Waals surface area contributed by atoms with Crippen molar-refractivity contribution in [3.8, 4) is 0 Å². The molecule has 2 heterocycles. The first-order valence-electron chi connectivity index (χ1n) is 8.81. The number of nitrogens with one attached hydrogen (secondary N) is 1. The molecule has 4 nitrogen and oxygen atoms in total. The van der Waals surface area contributed by atoms with E-state index in [9.17, 15) is 8.42 Å². The van der Waals surface area contributed by atoms with E-state index in [0.717, 1.165) is 10.9 Å². The third-order valence-electron chi connectivity index (χ3n) is 4.40. The maximum atomic E-state index is 12.4. The summed E-state index contributed by atoms with van der Waals surface area (Å²) in [5.41, 5.74) is 0.826. The van der Waals surface area contributed by atoms with Crippen molar-refractivity contribution in [2.45, 2.75) is 9.92 Å². The Hall–Kier alpha value is -3.44. The Labute approximate surface area is 163 Å². The summed E-state index contributed by atoms with van der Waals surface area (Å²) >= 11 is 0. The monoisotopic (exact) mass is 386 g/mol. The van der Waals surface area contributed by atoms with Gasteiger partial charge in [-0.2, -0.15) is 0 Å². The van der Waals surface area contributed by atoms with Crippen molar-refractivity contribution in [1.82, 2.24) is 9.97 Å². The largest absolute Gasteiger partial charge is 0.345 e. The molecule has 0 amide bonds. The first kappa shape index (κ1) is 17.9. The number of nitrogens with zero attached hydrogens (tertiary/aromatic N) is 1. The first-order valence-corrected chi connectivity index (χ1v) is 10.3. The summed E-state index contributed by atoms with van der Waals surface area (Å²) in [5.74, 6) is 0. The number of aromatic nitrogens is 2. The maximum Gasteiger partial charge on any atom is 0.221 e. The molecule has 0 saturated heterocycles. The van der Waals surface area contributed by atoms with E-state index in [4.69, 9.17) is 0 Å². The van der Waals surface area contributed by atoms with Crippen LogP contribution in [-0.2, 0) is 9.84 Å². The van der Waals surface area contributed by atoms with E-state index in [1.165, 1.54) is 10.8 Å². The Balaban J connectivity index is 0.000000162. The number of hydrogen-bond acceptors (Lipinski definition) is 3. The lowest BCUT2D eigenvalue weighted by molar-refractivity contribution is 0.593. The van der Waals surface area contributed by atoms with Gasteiger partial charge in [-0.25, -0.2) is 8.42 Å². The van der Waals surface area contributed by atoms with E-state index in [-0.39, 0.29) is 5.03 Å². The summed E-state index contributed by atoms with van der Waals surface area (Å²) in [4.78, 5) is 7.26. The van der Waals surface area contributed by atoms with Crippen LogP contribution in [0.5, 0.6) is 0 Å². The van der Waals surface area contributed by atoms with Crippen LogP contribution in [0.4, 0.5) is 0 Å². The number of fused-ring (bicyclic) bond motifs is 2. The van der Waals surface area contributed by atoms with Gasteiger partial charge in [0.1, 0.15) is 5.03 Å². The molecular weight excluding hydrogens is 368 g/mol. The van der Waals surface area contributed by atoms with E-state index in [1.807, 2.05) is 54.9 Å². The number of sulfone groups is 1. The Bertz CT molecular complexity index is 1230. The molecule has 28 heavy (non-hydrogen) atoms. The summed E-state index contributed by atoms with van der Waals surface area (Å²) in [6, 6.07) is 27.8. The van der Waals surface area contributed by atoms with Crippen LogP contribution >= 0.6 is 0 Å². The lowest BCUT2D eigenvalue weighted by Gasteiger charge is -2.00. The quantitative estimate of drug-likeness (QED) is 0.451. The standard InChI is InChI=1S/C14H11NO2S.C9H7N/c16-18(17,12-7-2-1-3-8-12)14-10-11-6-4-5-9-13(11)15-14;1-2-4-9-7-10-6-5-8(9)3-1/h1-10,15H;1-7H. The zero-order valence-electron chi connectivity index (χ0n) is 15.0. The van der Waals surface area contributed by atoms with Gasteiger partial charge in [-0.05, 0) is 41.1 Å². The molecule has 1 N–H and O–H groups in total. The summed E-state index contributed by atoms with van der Waals surface area (Å²) in [5, 5.41) is 3.57. The van der Waals surface area contributed by atoms with Crippen LogP contribution in [0.15, 0.2) is 113 Å². The highest BCUT2D eigenvalue weighted by molar-refractivity contribution is 7.91. The fourth-order valence-corrected chi connectivity index (χ4v) is 4.24. The van der Waals surface area contributed by atoms with Crippen LogP contribution < -0.4 is 0 Å². The molecule has 0 aliphatic rings. The molecule has 5 aromatic rings. The smallest absolute Gasteiger partial charge is 0.221 e. The number of H-pyrrole nitrogens is 1. The number of hydrogen-bond donors (Lipinski definition) is 1. The van der Waals surface area contributed by atoms with E-state index in [2.05, 4.69) is 22.1 Å². The molecule has 5 rings (SSSR count). The second-order valence-electron chi connectivity index (χ2n) is 6.26. The molecule has 0 aliphatic carbocycles. The molecular formula is C23H18N2O2S. The lowest BCUT2D eigenvalue weighted by atomic mass is 10.2. The van der Waals surface area contributed by atoms with Gasteiger partial charge in [0.25, 0.3) is 0 Å². The normalized spacial score (nSPS) is 11.1. The minimum atomic E-state index is -3.46. The molecule has 0 aliphatic heterocycles. The van der Waals surface area contributed by atoms with Gasteiger partial charge in [-0.3, -0.25) is 4.98 Å². The average molecular weight is 386 g/mol. The predicted molar refractivity (Wildman–Crippen MR) is 112 cm³/mol. The van der Waals surface area contributed by atoms with Crippen LogP contribution in [0.1, 0.15) is 0 Å². The van der Waals surface area contributed by atoms with Gasteiger partial charge in [0.15, 0.2) is 0 Å². The molecule has 0 fully saturated rings. The van der Waals surface area contributed by atoms with Crippen molar-refractivity contribution in [3.05, 3.63) is 103 Å². The fraction of sp³-hybridized carbons (Fsp3) is 0. The Morgan fingerprint density at radius 1 is 0.679 bits per heavy atom. The second-order valence-corrected chi connectivity index (χ2v) is 8.18. The minimum Gasteiger partial charge on any atom is -0.345 e. The molecule has 3 aromatic carbocycles. The van der Waals surface area contributed by atoms with Crippen molar-refractivity contribution < 1.29 is 8.42 Å². The highest BCUT2D eigenvalue weighted by Crippen LogP contribution is 2.23. The molecule has 0 unspecified atom stereocenters. The molecule has 0 spiro atoms. The van der Waals surface area contributed by atoms with E-state index >= 15 is 0 Å². The predicted octanol–water partition coefficient (Wildman–Crippen LogP) is 5.24. The van der Waals surface area contributed by atoms with Crippen molar-refractivity contribution in [3.63, 3.8) is 0 Å². The van der Waals surface area contributed by atoms with Crippen molar-refractivity contribution in [2.24, 2.45) is 0 Å². The SMILES string of the molecule is O=S(=O)(c1ccccc1)c1cc2ccccc2[nH]1.c1ccc2cnccc2c1. The first-order chi connectivity index (χ1) is 13.6. The zero-order valence-corrected chi connectivity index (χ0v) is 15.8. The van der Waals surface area contributed by atoms with Gasteiger partial charge >= 0.3 is 0 Å². The Morgan fingerprint density at radius 2 is 1.32 bits per heavy atom. The third kappa shape index (κ3) is 3.66. The van der Waals surface area contributed by atoms with E-state index in [1.54, 1.807) is 36.4 Å². The minimum absolute atomic E-state index is 0.231. The molecule has 0 radical (unpaired) electrons. The van der Waals surface area contributed by atoms with Gasteiger partial charge in [-0.15, -0.1) is 0 Å². The second kappa shape index (κ2) is 7.66. The van der Waals surface area contributed by atoms with Crippen molar-refractivity contribution in [2.75, 3.05) is 0 Å². The molecule has 0 atom stereocenters. The van der Waals surface area contributed by atoms with Gasteiger partial charge in [-0.1, -0.05) is 60.7 Å². The molecule has 2 aromatic heterocycles. The van der Waals surface area contributed by atoms with Gasteiger partial charge in [0, 0.05) is 23.3 Å². The van der Waals surface area contributed by atoms with Crippen molar-refractivity contribution in [1.29, 1.82) is 0 Å². The number of rotatable bonds is 2. The Kier molecular flexibility index (Phi) is 4.91. The molecule has 138 valence electrons. The fourth-order valence-electron chi connectivity index (χ4n) is 2.95. The summed E-state index contributed by atoms with van der Waals surface area (Å²) in [6.07, 6.45) is 3.68. The lowest BCUT2D eigenvalue weighted by Crippen LogP contribution is -2.01. The third-order valence-corrected chi connectivity index (χ3v) is 6.09. The highest BCUT2D eigenvalue weighted by atomic mass is 32.2.